The van der Waals surface area contributed by atoms with E-state index in [0.717, 1.165) is 12.1 Å². The van der Waals surface area contributed by atoms with Gasteiger partial charge in [0.1, 0.15) is 6.07 Å². The molecule has 0 aliphatic carbocycles. The van der Waals surface area contributed by atoms with Gasteiger partial charge in [-0.25, -0.2) is 4.85 Å². The Bertz CT molecular complexity index is 941. The first-order chi connectivity index (χ1) is 11.6. The highest BCUT2D eigenvalue weighted by molar-refractivity contribution is 6.47. The summed E-state index contributed by atoms with van der Waals surface area (Å²) in [5.74, 6) is 0. The van der Waals surface area contributed by atoms with E-state index in [-0.39, 0.29) is 43.3 Å². The Morgan fingerprint density at radius 1 is 1.08 bits per heavy atom. The number of nitrogens with zero attached hydrogens (tertiary/aromatic N) is 2. The van der Waals surface area contributed by atoms with Crippen molar-refractivity contribution in [2.75, 3.05) is 0 Å². The Morgan fingerprint density at radius 3 is 2.20 bits per heavy atom. The van der Waals surface area contributed by atoms with Gasteiger partial charge in [0.25, 0.3) is 0 Å². The molecule has 0 unspecified atom stereocenters. The van der Waals surface area contributed by atoms with E-state index in [4.69, 9.17) is 53.0 Å². The predicted molar refractivity (Wildman–Crippen MR) is 91.7 cm³/mol. The molecule has 2 aromatic rings. The van der Waals surface area contributed by atoms with Crippen LogP contribution < -0.4 is 0 Å². The van der Waals surface area contributed by atoms with Crippen LogP contribution >= 0.6 is 46.4 Å². The van der Waals surface area contributed by atoms with E-state index in [1.165, 1.54) is 6.07 Å². The van der Waals surface area contributed by atoms with Crippen LogP contribution in [0.1, 0.15) is 22.3 Å². The average molecular weight is 424 g/mol. The summed E-state index contributed by atoms with van der Waals surface area (Å²) in [6.07, 6.45) is -4.61. The number of halogens is 7. The third kappa shape index (κ3) is 3.81. The molecule has 0 aromatic heterocycles. The molecule has 0 amide bonds. The van der Waals surface area contributed by atoms with Crippen molar-refractivity contribution in [1.82, 2.24) is 0 Å². The van der Waals surface area contributed by atoms with Gasteiger partial charge in [0.15, 0.2) is 0 Å². The van der Waals surface area contributed by atoms with Crippen LogP contribution in [-0.4, -0.2) is 0 Å². The molecule has 0 bridgehead atoms. The van der Waals surface area contributed by atoms with Crippen LogP contribution in [0.2, 0.25) is 20.1 Å². The van der Waals surface area contributed by atoms with Crippen molar-refractivity contribution in [3.05, 3.63) is 72.0 Å². The molecule has 0 radical (unpaired) electrons. The van der Waals surface area contributed by atoms with Crippen LogP contribution in [0.15, 0.2) is 18.2 Å². The standard InChI is InChI=1S/C16H5Cl4F3N2/c1-25-15-13(19)9(10(6-24)12(18)14(15)20)4-7-2-3-8(5-11(7)17)16(21,22)23/h2-3,5H,4H2. The van der Waals surface area contributed by atoms with Gasteiger partial charge in [-0.1, -0.05) is 52.5 Å². The zero-order valence-corrected chi connectivity index (χ0v) is 15.0. The minimum atomic E-state index is -4.53. The Kier molecular flexibility index (Phi) is 5.76. The smallest absolute Gasteiger partial charge is 0.235 e. The predicted octanol–water partition coefficient (Wildman–Crippen LogP) is 7.33. The molecule has 0 spiro atoms. The average Bonchev–Trinajstić information content (AvgIpc) is 2.54. The van der Waals surface area contributed by atoms with Crippen molar-refractivity contribution in [2.45, 2.75) is 12.6 Å². The maximum atomic E-state index is 12.7. The van der Waals surface area contributed by atoms with Crippen LogP contribution in [0, 0.1) is 17.9 Å². The third-order valence-corrected chi connectivity index (χ3v) is 4.97. The van der Waals surface area contributed by atoms with E-state index >= 15 is 0 Å². The molecule has 2 nitrogen and oxygen atoms in total. The van der Waals surface area contributed by atoms with Crippen LogP contribution in [0.3, 0.4) is 0 Å². The molecule has 2 rings (SSSR count). The van der Waals surface area contributed by atoms with Gasteiger partial charge in [0.2, 0.25) is 5.69 Å². The van der Waals surface area contributed by atoms with E-state index in [9.17, 15) is 18.4 Å². The monoisotopic (exact) mass is 422 g/mol. The molecule has 2 aromatic carbocycles. The van der Waals surface area contributed by atoms with Gasteiger partial charge >= 0.3 is 6.18 Å². The highest BCUT2D eigenvalue weighted by Crippen LogP contribution is 2.44. The normalized spacial score (nSPS) is 11.1. The number of alkyl halides is 3. The van der Waals surface area contributed by atoms with Gasteiger partial charge in [-0.2, -0.15) is 18.4 Å². The van der Waals surface area contributed by atoms with Crippen molar-refractivity contribution in [3.8, 4) is 6.07 Å². The summed E-state index contributed by atoms with van der Waals surface area (Å²) < 4.78 is 38.2. The molecule has 0 heterocycles. The first-order valence-corrected chi connectivity index (χ1v) is 7.95. The van der Waals surface area contributed by atoms with Crippen molar-refractivity contribution in [1.29, 1.82) is 5.26 Å². The summed E-state index contributed by atoms with van der Waals surface area (Å²) in [4.78, 5) is 3.19. The number of hydrogen-bond acceptors (Lipinski definition) is 1. The first-order valence-electron chi connectivity index (χ1n) is 6.44. The van der Waals surface area contributed by atoms with E-state index in [1.54, 1.807) is 0 Å². The maximum Gasteiger partial charge on any atom is 0.416 e. The highest BCUT2D eigenvalue weighted by atomic mass is 35.5. The minimum absolute atomic E-state index is 0.0555. The third-order valence-electron chi connectivity index (χ3n) is 3.37. The quantitative estimate of drug-likeness (QED) is 0.367. The van der Waals surface area contributed by atoms with Gasteiger partial charge in [-0.3, -0.25) is 0 Å². The SMILES string of the molecule is [C-]#[N+]c1c(Cl)c(Cl)c(C#N)c(Cc2ccc(C(F)(F)F)cc2Cl)c1Cl. The second-order valence-corrected chi connectivity index (χ2v) is 6.39. The highest BCUT2D eigenvalue weighted by Gasteiger charge is 2.31. The zero-order valence-electron chi connectivity index (χ0n) is 12.0. The molecule has 128 valence electrons. The lowest BCUT2D eigenvalue weighted by atomic mass is 9.98. The molecule has 0 saturated carbocycles. The van der Waals surface area contributed by atoms with Gasteiger partial charge in [0, 0.05) is 11.4 Å². The van der Waals surface area contributed by atoms with Gasteiger partial charge in [-0.05, 0) is 23.3 Å². The summed E-state index contributed by atoms with van der Waals surface area (Å²) >= 11 is 24.0. The molecular weight excluding hydrogens is 419 g/mol. The Labute approximate surface area is 161 Å². The Balaban J connectivity index is 2.61. The number of rotatable bonds is 2. The van der Waals surface area contributed by atoms with Crippen molar-refractivity contribution in [2.24, 2.45) is 0 Å². The van der Waals surface area contributed by atoms with E-state index in [2.05, 4.69) is 4.85 Å². The van der Waals surface area contributed by atoms with Crippen molar-refractivity contribution in [3.63, 3.8) is 0 Å². The lowest BCUT2D eigenvalue weighted by molar-refractivity contribution is -0.137. The fourth-order valence-corrected chi connectivity index (χ4v) is 3.20. The summed E-state index contributed by atoms with van der Waals surface area (Å²) in [7, 11) is 0. The molecule has 0 saturated heterocycles. The van der Waals surface area contributed by atoms with Gasteiger partial charge in [-0.15, -0.1) is 0 Å². The maximum absolute atomic E-state index is 12.7. The molecule has 0 atom stereocenters. The second kappa shape index (κ2) is 7.32. The zero-order chi connectivity index (χ0) is 18.9. The van der Waals surface area contributed by atoms with Crippen molar-refractivity contribution >= 4 is 52.1 Å². The van der Waals surface area contributed by atoms with E-state index < -0.39 is 11.7 Å². The number of benzene rings is 2. The molecule has 9 heteroatoms. The summed E-state index contributed by atoms with van der Waals surface area (Å²) in [6, 6.07) is 4.68. The molecule has 25 heavy (non-hydrogen) atoms. The summed E-state index contributed by atoms with van der Waals surface area (Å²) in [5.41, 5.74) is -0.622. The second-order valence-electron chi connectivity index (χ2n) is 4.85. The largest absolute Gasteiger partial charge is 0.416 e. The van der Waals surface area contributed by atoms with Crippen LogP contribution in [0.25, 0.3) is 4.85 Å². The fraction of sp³-hybridized carbons (Fsp3) is 0.125. The summed E-state index contributed by atoms with van der Waals surface area (Å²) in [5, 5.41) is 8.77. The molecular formula is C16H5Cl4F3N2. The van der Waals surface area contributed by atoms with Crippen LogP contribution in [0.4, 0.5) is 18.9 Å². The van der Waals surface area contributed by atoms with Crippen LogP contribution in [-0.2, 0) is 12.6 Å². The lowest BCUT2D eigenvalue weighted by Gasteiger charge is -2.14. The number of nitriles is 1. The number of hydrogen-bond donors (Lipinski definition) is 0. The fourth-order valence-electron chi connectivity index (χ4n) is 2.13. The minimum Gasteiger partial charge on any atom is -0.235 e. The molecule has 0 fully saturated rings. The first kappa shape index (κ1) is 19.7. The van der Waals surface area contributed by atoms with E-state index in [1.807, 2.05) is 6.07 Å². The van der Waals surface area contributed by atoms with Crippen molar-refractivity contribution < 1.29 is 13.2 Å². The Morgan fingerprint density at radius 2 is 1.72 bits per heavy atom. The van der Waals surface area contributed by atoms with Crippen LogP contribution in [0.5, 0.6) is 0 Å². The van der Waals surface area contributed by atoms with Gasteiger partial charge < -0.3 is 0 Å². The molecule has 0 aliphatic heterocycles. The Hall–Kier alpha value is -1.63. The molecule has 0 N–H and O–H groups in total. The molecule has 0 aliphatic rings. The summed E-state index contributed by atoms with van der Waals surface area (Å²) in [6.45, 7) is 7.13. The van der Waals surface area contributed by atoms with Gasteiger partial charge in [0.05, 0.1) is 32.8 Å². The topological polar surface area (TPSA) is 28.1 Å². The lowest BCUT2D eigenvalue weighted by Crippen LogP contribution is -2.05. The van der Waals surface area contributed by atoms with E-state index in [0.29, 0.717) is 5.56 Å².